The number of amides is 1. The van der Waals surface area contributed by atoms with Crippen LogP contribution >= 0.6 is 23.2 Å². The van der Waals surface area contributed by atoms with Gasteiger partial charge in [-0.15, -0.1) is 0 Å². The monoisotopic (exact) mass is 471 g/mol. The number of ketones is 1. The second-order valence-corrected chi connectivity index (χ2v) is 7.95. The number of aliphatic hydroxyl groups is 1. The zero-order valence-corrected chi connectivity index (χ0v) is 18.6. The van der Waals surface area contributed by atoms with Crippen LogP contribution in [-0.4, -0.2) is 28.3 Å². The van der Waals surface area contributed by atoms with Crippen molar-refractivity contribution >= 4 is 40.7 Å². The molecular formula is C24H19Cl2NO5. The minimum Gasteiger partial charge on any atom is -0.507 e. The molecule has 0 unspecified atom stereocenters. The van der Waals surface area contributed by atoms with Gasteiger partial charge in [-0.2, -0.15) is 0 Å². The maximum atomic E-state index is 13.0. The second-order valence-electron chi connectivity index (χ2n) is 7.14. The molecule has 1 fully saturated rings. The van der Waals surface area contributed by atoms with Gasteiger partial charge in [0.25, 0.3) is 11.7 Å². The molecule has 0 aliphatic carbocycles. The molecule has 1 aliphatic rings. The van der Waals surface area contributed by atoms with Crippen LogP contribution in [0.2, 0.25) is 10.0 Å². The summed E-state index contributed by atoms with van der Waals surface area (Å²) in [5.41, 5.74) is 0.885. The van der Waals surface area contributed by atoms with E-state index < -0.39 is 17.7 Å². The first-order valence-corrected chi connectivity index (χ1v) is 10.6. The van der Waals surface area contributed by atoms with Crippen LogP contribution in [0, 0.1) is 0 Å². The lowest BCUT2D eigenvalue weighted by Crippen LogP contribution is -2.29. The summed E-state index contributed by atoms with van der Waals surface area (Å²) < 4.78 is 10.8. The average molecular weight is 472 g/mol. The molecule has 2 heterocycles. The predicted molar refractivity (Wildman–Crippen MR) is 121 cm³/mol. The first-order chi connectivity index (χ1) is 15.4. The fraction of sp³-hybridized carbons (Fsp3) is 0.167. The number of benzene rings is 2. The number of Topliss-reactive ketones (excluding diaryl/α,β-unsaturated/α-hetero) is 1. The van der Waals surface area contributed by atoms with Gasteiger partial charge in [0, 0.05) is 5.56 Å². The van der Waals surface area contributed by atoms with Gasteiger partial charge in [0.2, 0.25) is 0 Å². The van der Waals surface area contributed by atoms with E-state index in [1.54, 1.807) is 54.6 Å². The smallest absolute Gasteiger partial charge is 0.296 e. The van der Waals surface area contributed by atoms with Gasteiger partial charge in [-0.1, -0.05) is 29.3 Å². The van der Waals surface area contributed by atoms with E-state index in [2.05, 4.69) is 0 Å². The lowest BCUT2D eigenvalue weighted by molar-refractivity contribution is -0.140. The summed E-state index contributed by atoms with van der Waals surface area (Å²) in [6.07, 6.45) is 1.49. The van der Waals surface area contributed by atoms with Crippen LogP contribution in [0.15, 0.2) is 70.9 Å². The van der Waals surface area contributed by atoms with Crippen molar-refractivity contribution in [2.75, 3.05) is 6.61 Å². The summed E-state index contributed by atoms with van der Waals surface area (Å²) in [5, 5.41) is 11.7. The van der Waals surface area contributed by atoms with Crippen molar-refractivity contribution in [3.05, 3.63) is 93.4 Å². The van der Waals surface area contributed by atoms with E-state index in [9.17, 15) is 14.7 Å². The SMILES string of the molecule is CCOc1ccc(C(O)=C2C(=O)C(=O)N(Cc3ccco3)[C@H]2c2ccc(Cl)c(Cl)c2)cc1. The molecule has 3 aromatic rings. The third-order valence-electron chi connectivity index (χ3n) is 5.14. The molecule has 1 aromatic heterocycles. The Morgan fingerprint density at radius 2 is 1.84 bits per heavy atom. The van der Waals surface area contributed by atoms with Crippen LogP contribution in [0.4, 0.5) is 0 Å². The molecule has 8 heteroatoms. The van der Waals surface area contributed by atoms with Crippen molar-refractivity contribution < 1.29 is 23.8 Å². The number of ether oxygens (including phenoxy) is 1. The lowest BCUT2D eigenvalue weighted by atomic mass is 9.95. The van der Waals surface area contributed by atoms with E-state index in [1.807, 2.05) is 6.92 Å². The Morgan fingerprint density at radius 3 is 2.47 bits per heavy atom. The van der Waals surface area contributed by atoms with E-state index in [-0.39, 0.29) is 22.9 Å². The highest BCUT2D eigenvalue weighted by molar-refractivity contribution is 6.46. The topological polar surface area (TPSA) is 80.0 Å². The molecule has 1 saturated heterocycles. The zero-order chi connectivity index (χ0) is 22.8. The number of halogens is 2. The molecule has 6 nitrogen and oxygen atoms in total. The molecule has 32 heavy (non-hydrogen) atoms. The maximum absolute atomic E-state index is 13.0. The van der Waals surface area contributed by atoms with E-state index in [0.717, 1.165) is 0 Å². The van der Waals surface area contributed by atoms with Crippen LogP contribution in [0.1, 0.15) is 29.9 Å². The average Bonchev–Trinajstić information content (AvgIpc) is 3.38. The second kappa shape index (κ2) is 9.10. The van der Waals surface area contributed by atoms with Crippen molar-refractivity contribution in [3.8, 4) is 5.75 Å². The first kappa shape index (κ1) is 22.0. The summed E-state index contributed by atoms with van der Waals surface area (Å²) in [7, 11) is 0. The van der Waals surface area contributed by atoms with Gasteiger partial charge in [-0.25, -0.2) is 0 Å². The molecule has 1 atom stereocenters. The largest absolute Gasteiger partial charge is 0.507 e. The van der Waals surface area contributed by atoms with Gasteiger partial charge in [0.15, 0.2) is 0 Å². The van der Waals surface area contributed by atoms with Gasteiger partial charge in [0.1, 0.15) is 17.3 Å². The molecular weight excluding hydrogens is 453 g/mol. The Kier molecular flexibility index (Phi) is 6.26. The number of hydrogen-bond donors (Lipinski definition) is 1. The van der Waals surface area contributed by atoms with Gasteiger partial charge >= 0.3 is 0 Å². The predicted octanol–water partition coefficient (Wildman–Crippen LogP) is 5.61. The minimum absolute atomic E-state index is 0.0379. The third-order valence-corrected chi connectivity index (χ3v) is 5.88. The van der Waals surface area contributed by atoms with Crippen LogP contribution in [0.25, 0.3) is 5.76 Å². The van der Waals surface area contributed by atoms with Gasteiger partial charge in [-0.3, -0.25) is 9.59 Å². The number of furan rings is 1. The first-order valence-electron chi connectivity index (χ1n) is 9.89. The van der Waals surface area contributed by atoms with Crippen molar-refractivity contribution in [2.24, 2.45) is 0 Å². The molecule has 1 aliphatic heterocycles. The maximum Gasteiger partial charge on any atom is 0.296 e. The fourth-order valence-corrected chi connectivity index (χ4v) is 3.98. The molecule has 0 radical (unpaired) electrons. The Labute approximate surface area is 194 Å². The zero-order valence-electron chi connectivity index (χ0n) is 17.0. The number of likely N-dealkylation sites (tertiary alicyclic amines) is 1. The highest BCUT2D eigenvalue weighted by Crippen LogP contribution is 2.41. The van der Waals surface area contributed by atoms with Crippen molar-refractivity contribution in [2.45, 2.75) is 19.5 Å². The van der Waals surface area contributed by atoms with Crippen LogP contribution in [0.3, 0.4) is 0 Å². The molecule has 164 valence electrons. The van der Waals surface area contributed by atoms with Gasteiger partial charge in [-0.05, 0) is 61.0 Å². The van der Waals surface area contributed by atoms with E-state index in [4.69, 9.17) is 32.4 Å². The third kappa shape index (κ3) is 4.11. The number of carbonyl (C=O) groups is 2. The Morgan fingerprint density at radius 1 is 1.09 bits per heavy atom. The number of nitrogens with zero attached hydrogens (tertiary/aromatic N) is 1. The molecule has 4 rings (SSSR count). The van der Waals surface area contributed by atoms with E-state index in [0.29, 0.717) is 34.3 Å². The Hall–Kier alpha value is -3.22. The number of hydrogen-bond acceptors (Lipinski definition) is 5. The Balaban J connectivity index is 1.84. The summed E-state index contributed by atoms with van der Waals surface area (Å²) in [4.78, 5) is 27.4. The Bertz CT molecular complexity index is 1190. The molecule has 0 bridgehead atoms. The van der Waals surface area contributed by atoms with Gasteiger partial charge in [0.05, 0.1) is 41.1 Å². The van der Waals surface area contributed by atoms with Crippen LogP contribution in [0.5, 0.6) is 5.75 Å². The van der Waals surface area contributed by atoms with Crippen molar-refractivity contribution in [1.82, 2.24) is 4.90 Å². The number of carbonyl (C=O) groups excluding carboxylic acids is 2. The molecule has 0 saturated carbocycles. The van der Waals surface area contributed by atoms with Crippen LogP contribution in [-0.2, 0) is 16.1 Å². The minimum atomic E-state index is -0.874. The summed E-state index contributed by atoms with van der Waals surface area (Å²) in [5.74, 6) is -0.699. The molecule has 2 aromatic carbocycles. The molecule has 1 amide bonds. The normalized spacial score (nSPS) is 17.7. The lowest BCUT2D eigenvalue weighted by Gasteiger charge is -2.24. The number of aliphatic hydroxyl groups excluding tert-OH is 1. The van der Waals surface area contributed by atoms with Crippen molar-refractivity contribution in [1.29, 1.82) is 0 Å². The van der Waals surface area contributed by atoms with Crippen LogP contribution < -0.4 is 4.74 Å². The fourth-order valence-electron chi connectivity index (χ4n) is 3.67. The van der Waals surface area contributed by atoms with Crippen molar-refractivity contribution in [3.63, 3.8) is 0 Å². The van der Waals surface area contributed by atoms with E-state index in [1.165, 1.54) is 11.2 Å². The molecule has 0 spiro atoms. The quantitative estimate of drug-likeness (QED) is 0.287. The van der Waals surface area contributed by atoms with E-state index >= 15 is 0 Å². The summed E-state index contributed by atoms with van der Waals surface area (Å²) in [6, 6.07) is 14.0. The highest BCUT2D eigenvalue weighted by Gasteiger charge is 2.46. The van der Waals surface area contributed by atoms with Gasteiger partial charge < -0.3 is 19.2 Å². The summed E-state index contributed by atoms with van der Waals surface area (Å²) >= 11 is 12.3. The number of rotatable bonds is 6. The standard InChI is InChI=1S/C24H19Cl2NO5/c1-2-31-16-8-5-14(6-9-16)22(28)20-21(15-7-10-18(25)19(26)12-15)27(24(30)23(20)29)13-17-4-3-11-32-17/h3-12,21,28H,2,13H2,1H3/t21-/m0/s1. The highest BCUT2D eigenvalue weighted by atomic mass is 35.5. The molecule has 1 N–H and O–H groups in total. The summed E-state index contributed by atoms with van der Waals surface area (Å²) in [6.45, 7) is 2.41.